The van der Waals surface area contributed by atoms with Crippen molar-refractivity contribution in [2.75, 3.05) is 13.1 Å². The van der Waals surface area contributed by atoms with Crippen LogP contribution in [0.15, 0.2) is 34.3 Å². The molecule has 11 heteroatoms. The lowest BCUT2D eigenvalue weighted by Gasteiger charge is -2.35. The highest BCUT2D eigenvalue weighted by molar-refractivity contribution is 7.89. The predicted molar refractivity (Wildman–Crippen MR) is 92.1 cm³/mol. The van der Waals surface area contributed by atoms with Crippen LogP contribution in [-0.2, 0) is 14.8 Å². The molecule has 1 aromatic heterocycles. The van der Waals surface area contributed by atoms with E-state index in [4.69, 9.17) is 28.2 Å². The Morgan fingerprint density at radius 2 is 2.00 bits per heavy atom. The minimum Gasteiger partial charge on any atom is -0.481 e. The van der Waals surface area contributed by atoms with Crippen molar-refractivity contribution in [2.24, 2.45) is 22.4 Å². The van der Waals surface area contributed by atoms with Crippen molar-refractivity contribution in [2.45, 2.75) is 4.90 Å². The van der Waals surface area contributed by atoms with E-state index in [-0.39, 0.29) is 29.8 Å². The van der Waals surface area contributed by atoms with Crippen molar-refractivity contribution in [3.05, 3.63) is 29.4 Å². The minimum absolute atomic E-state index is 0.0139. The summed E-state index contributed by atoms with van der Waals surface area (Å²) in [6.07, 6.45) is 1.37. The average molecular weight is 384 g/mol. The standard InChI is InChI=1S/C14H14ClN5O4S/c15-11-4-18-12(19-14(16)17)10-3-8(1-2-9(10)11)25(23,24)20-5-7(6-20)13(21)22/h1-4,7H,5-6H2,(H,21,22)(H4,16,17,18,19). The maximum atomic E-state index is 12.6. The summed E-state index contributed by atoms with van der Waals surface area (Å²) in [7, 11) is -3.83. The Morgan fingerprint density at radius 1 is 1.32 bits per heavy atom. The fraction of sp³-hybridized carbons (Fsp3) is 0.214. The van der Waals surface area contributed by atoms with Gasteiger partial charge in [-0.25, -0.2) is 13.4 Å². The SMILES string of the molecule is NC(N)=Nc1ncc(Cl)c2ccc(S(=O)(=O)N3CC(C(=O)O)C3)cc12. The third-order valence-electron chi connectivity index (χ3n) is 3.86. The Kier molecular flexibility index (Phi) is 4.27. The lowest BCUT2D eigenvalue weighted by atomic mass is 10.0. The van der Waals surface area contributed by atoms with Gasteiger partial charge in [-0.05, 0) is 12.1 Å². The lowest BCUT2D eigenvalue weighted by molar-refractivity contribution is -0.145. The lowest BCUT2D eigenvalue weighted by Crippen LogP contribution is -2.52. The summed E-state index contributed by atoms with van der Waals surface area (Å²) in [4.78, 5) is 18.8. The largest absolute Gasteiger partial charge is 0.481 e. The van der Waals surface area contributed by atoms with Crippen LogP contribution in [0.2, 0.25) is 5.02 Å². The molecule has 2 heterocycles. The van der Waals surface area contributed by atoms with Gasteiger partial charge in [-0.15, -0.1) is 0 Å². The molecule has 25 heavy (non-hydrogen) atoms. The number of aliphatic carboxylic acids is 1. The highest BCUT2D eigenvalue weighted by Gasteiger charge is 2.40. The third-order valence-corrected chi connectivity index (χ3v) is 5.99. The number of nitrogens with zero attached hydrogens (tertiary/aromatic N) is 3. The quantitative estimate of drug-likeness (QED) is 0.513. The number of sulfonamides is 1. The number of benzene rings is 1. The molecular weight excluding hydrogens is 370 g/mol. The van der Waals surface area contributed by atoms with Crippen LogP contribution in [0.3, 0.4) is 0 Å². The first-order valence-electron chi connectivity index (χ1n) is 7.11. The van der Waals surface area contributed by atoms with E-state index >= 15 is 0 Å². The molecule has 0 atom stereocenters. The Labute approximate surface area is 148 Å². The number of halogens is 1. The number of nitrogens with two attached hydrogens (primary N) is 2. The van der Waals surface area contributed by atoms with E-state index < -0.39 is 21.9 Å². The average Bonchev–Trinajstić information content (AvgIpc) is 2.47. The van der Waals surface area contributed by atoms with E-state index in [9.17, 15) is 13.2 Å². The van der Waals surface area contributed by atoms with Gasteiger partial charge in [0.25, 0.3) is 0 Å². The number of pyridine rings is 1. The number of aliphatic imine (C=N–C) groups is 1. The summed E-state index contributed by atoms with van der Waals surface area (Å²) in [5.41, 5.74) is 10.7. The van der Waals surface area contributed by atoms with Gasteiger partial charge in [-0.3, -0.25) is 4.79 Å². The van der Waals surface area contributed by atoms with Crippen LogP contribution in [0.5, 0.6) is 0 Å². The van der Waals surface area contributed by atoms with Crippen molar-refractivity contribution in [1.29, 1.82) is 0 Å². The molecular formula is C14H14ClN5O4S. The molecule has 0 saturated carbocycles. The number of hydrogen-bond donors (Lipinski definition) is 3. The van der Waals surface area contributed by atoms with Gasteiger partial charge in [-0.2, -0.15) is 9.30 Å². The second kappa shape index (κ2) is 6.14. The van der Waals surface area contributed by atoms with Gasteiger partial charge in [0.2, 0.25) is 10.0 Å². The zero-order valence-corrected chi connectivity index (χ0v) is 14.3. The van der Waals surface area contributed by atoms with Crippen LogP contribution in [0.25, 0.3) is 10.8 Å². The number of carbonyl (C=O) groups is 1. The van der Waals surface area contributed by atoms with Crippen LogP contribution >= 0.6 is 11.6 Å². The molecule has 3 rings (SSSR count). The maximum absolute atomic E-state index is 12.6. The van der Waals surface area contributed by atoms with Gasteiger partial charge in [0.15, 0.2) is 11.8 Å². The normalized spacial score (nSPS) is 15.7. The monoisotopic (exact) mass is 383 g/mol. The Balaban J connectivity index is 2.06. The van der Waals surface area contributed by atoms with E-state index in [1.54, 1.807) is 0 Å². The van der Waals surface area contributed by atoms with E-state index in [0.29, 0.717) is 15.8 Å². The van der Waals surface area contributed by atoms with Gasteiger partial charge < -0.3 is 16.6 Å². The number of aromatic nitrogens is 1. The van der Waals surface area contributed by atoms with Gasteiger partial charge in [0.1, 0.15) is 0 Å². The molecule has 0 unspecified atom stereocenters. The topological polar surface area (TPSA) is 152 Å². The van der Waals surface area contributed by atoms with Crippen LogP contribution < -0.4 is 11.5 Å². The third kappa shape index (κ3) is 3.11. The van der Waals surface area contributed by atoms with Gasteiger partial charge in [0.05, 0.1) is 15.8 Å². The molecule has 9 nitrogen and oxygen atoms in total. The summed E-state index contributed by atoms with van der Waals surface area (Å²) < 4.78 is 26.4. The van der Waals surface area contributed by atoms with Crippen LogP contribution in [0, 0.1) is 5.92 Å². The Hall–Kier alpha value is -2.43. The summed E-state index contributed by atoms with van der Waals surface area (Å²) in [6.45, 7) is -0.130. The van der Waals surface area contributed by atoms with E-state index in [2.05, 4.69) is 9.98 Å². The molecule has 132 valence electrons. The highest BCUT2D eigenvalue weighted by Crippen LogP contribution is 2.33. The first kappa shape index (κ1) is 17.4. The summed E-state index contributed by atoms with van der Waals surface area (Å²) in [6, 6.07) is 4.31. The molecule has 5 N–H and O–H groups in total. The number of fused-ring (bicyclic) bond motifs is 1. The highest BCUT2D eigenvalue weighted by atomic mass is 35.5. The van der Waals surface area contributed by atoms with Gasteiger partial charge >= 0.3 is 5.97 Å². The summed E-state index contributed by atoms with van der Waals surface area (Å²) in [5.74, 6) is -1.79. The van der Waals surface area contributed by atoms with Crippen molar-refractivity contribution in [3.63, 3.8) is 0 Å². The van der Waals surface area contributed by atoms with Crippen molar-refractivity contribution < 1.29 is 18.3 Å². The van der Waals surface area contributed by atoms with Crippen molar-refractivity contribution in [3.8, 4) is 0 Å². The molecule has 1 aliphatic rings. The zero-order valence-electron chi connectivity index (χ0n) is 12.8. The molecule has 0 spiro atoms. The van der Waals surface area contributed by atoms with Crippen molar-refractivity contribution >= 4 is 50.1 Å². The van der Waals surface area contributed by atoms with Crippen LogP contribution in [0.1, 0.15) is 0 Å². The molecule has 2 aromatic rings. The molecule has 1 aliphatic heterocycles. The fourth-order valence-electron chi connectivity index (χ4n) is 2.49. The number of hydrogen-bond acceptors (Lipinski definition) is 5. The molecule has 0 radical (unpaired) electrons. The molecule has 1 aromatic carbocycles. The predicted octanol–water partition coefficient (Wildman–Crippen LogP) is 0.498. The van der Waals surface area contributed by atoms with Crippen molar-refractivity contribution in [1.82, 2.24) is 9.29 Å². The summed E-state index contributed by atoms with van der Waals surface area (Å²) in [5, 5.41) is 10.1. The molecule has 0 bridgehead atoms. The second-order valence-corrected chi connectivity index (χ2v) is 7.88. The van der Waals surface area contributed by atoms with Gasteiger partial charge in [-0.1, -0.05) is 17.7 Å². The second-order valence-electron chi connectivity index (χ2n) is 5.53. The molecule has 0 amide bonds. The number of carboxylic acid groups (broad SMARTS) is 1. The van der Waals surface area contributed by atoms with Crippen LogP contribution in [0.4, 0.5) is 5.82 Å². The number of rotatable bonds is 4. The smallest absolute Gasteiger partial charge is 0.309 e. The number of carboxylic acids is 1. The first-order valence-corrected chi connectivity index (χ1v) is 8.93. The summed E-state index contributed by atoms with van der Waals surface area (Å²) >= 11 is 6.09. The van der Waals surface area contributed by atoms with E-state index in [1.807, 2.05) is 0 Å². The Morgan fingerprint density at radius 3 is 2.60 bits per heavy atom. The molecule has 1 saturated heterocycles. The van der Waals surface area contributed by atoms with E-state index in [1.165, 1.54) is 24.4 Å². The first-order chi connectivity index (χ1) is 11.7. The van der Waals surface area contributed by atoms with Crippen LogP contribution in [-0.4, -0.2) is 47.8 Å². The number of guanidine groups is 1. The van der Waals surface area contributed by atoms with E-state index in [0.717, 1.165) is 4.31 Å². The minimum atomic E-state index is -3.83. The fourth-order valence-corrected chi connectivity index (χ4v) is 4.26. The Bertz CT molecular complexity index is 998. The molecule has 1 fully saturated rings. The maximum Gasteiger partial charge on any atom is 0.309 e. The zero-order chi connectivity index (χ0) is 18.4. The molecule has 0 aliphatic carbocycles. The van der Waals surface area contributed by atoms with Gasteiger partial charge in [0, 0.05) is 30.1 Å².